The molecule has 0 aliphatic heterocycles. The highest BCUT2D eigenvalue weighted by molar-refractivity contribution is 5.91. The Morgan fingerprint density at radius 2 is 1.65 bits per heavy atom. The molecule has 0 saturated heterocycles. The molecular weight excluding hydrogens is 340 g/mol. The van der Waals surface area contributed by atoms with E-state index in [1.807, 2.05) is 30.3 Å². The number of aliphatic hydroxyl groups excluding tert-OH is 1. The lowest BCUT2D eigenvalue weighted by Crippen LogP contribution is -2.14. The second kappa shape index (κ2) is 12.7. The van der Waals surface area contributed by atoms with Crippen LogP contribution < -0.4 is 0 Å². The molecule has 142 valence electrons. The van der Waals surface area contributed by atoms with Gasteiger partial charge in [-0.05, 0) is 25.3 Å². The summed E-state index contributed by atoms with van der Waals surface area (Å²) >= 11 is 0. The van der Waals surface area contributed by atoms with Gasteiger partial charge in [0.15, 0.2) is 0 Å². The van der Waals surface area contributed by atoms with Crippen molar-refractivity contribution in [2.75, 3.05) is 13.2 Å². The van der Waals surface area contributed by atoms with Crippen LogP contribution in [0.1, 0.15) is 31.7 Å². The molecule has 0 aliphatic carbocycles. The molecule has 0 saturated carbocycles. The zero-order valence-electron chi connectivity index (χ0n) is 14.8. The number of esters is 3. The number of ether oxygens (including phenoxy) is 3. The van der Waals surface area contributed by atoms with Crippen molar-refractivity contribution in [2.24, 2.45) is 0 Å². The van der Waals surface area contributed by atoms with Crippen LogP contribution in [-0.4, -0.2) is 42.3 Å². The van der Waals surface area contributed by atoms with Gasteiger partial charge in [0.2, 0.25) is 0 Å². The van der Waals surface area contributed by atoms with Crippen LogP contribution in [0.25, 0.3) is 0 Å². The molecule has 7 nitrogen and oxygen atoms in total. The van der Waals surface area contributed by atoms with Crippen molar-refractivity contribution in [3.63, 3.8) is 0 Å². The number of unbranched alkanes of at least 4 members (excludes halogenated alkanes) is 1. The third kappa shape index (κ3) is 11.0. The SMILES string of the molecule is CC(O)COC(=O)/C=C\C(=O)OCCCCC(=O)OCc1ccccc1. The maximum absolute atomic E-state index is 11.6. The number of carbonyl (C=O) groups excluding carboxylic acids is 3. The Hall–Kier alpha value is -2.67. The molecule has 0 aromatic heterocycles. The molecule has 0 amide bonds. The first-order valence-electron chi connectivity index (χ1n) is 8.36. The van der Waals surface area contributed by atoms with E-state index in [2.05, 4.69) is 4.74 Å². The first-order valence-corrected chi connectivity index (χ1v) is 8.36. The fourth-order valence-electron chi connectivity index (χ4n) is 1.79. The number of hydrogen-bond acceptors (Lipinski definition) is 7. The number of benzene rings is 1. The molecular formula is C19H24O7. The quantitative estimate of drug-likeness (QED) is 0.277. The van der Waals surface area contributed by atoms with Gasteiger partial charge in [0.1, 0.15) is 13.2 Å². The Balaban J connectivity index is 2.06. The van der Waals surface area contributed by atoms with Crippen molar-refractivity contribution in [1.29, 1.82) is 0 Å². The van der Waals surface area contributed by atoms with Crippen molar-refractivity contribution in [3.8, 4) is 0 Å². The van der Waals surface area contributed by atoms with Crippen LogP contribution in [0.3, 0.4) is 0 Å². The molecule has 0 spiro atoms. The summed E-state index contributed by atoms with van der Waals surface area (Å²) in [6.07, 6.45) is 2.41. The topological polar surface area (TPSA) is 99.1 Å². The maximum atomic E-state index is 11.6. The van der Waals surface area contributed by atoms with Crippen molar-refractivity contribution >= 4 is 17.9 Å². The average Bonchev–Trinajstić information content (AvgIpc) is 2.63. The normalized spacial score (nSPS) is 11.8. The van der Waals surface area contributed by atoms with E-state index in [-0.39, 0.29) is 32.2 Å². The van der Waals surface area contributed by atoms with E-state index >= 15 is 0 Å². The second-order valence-corrected chi connectivity index (χ2v) is 5.58. The van der Waals surface area contributed by atoms with Gasteiger partial charge in [-0.1, -0.05) is 30.3 Å². The van der Waals surface area contributed by atoms with Crippen LogP contribution in [0.4, 0.5) is 0 Å². The first-order chi connectivity index (χ1) is 12.5. The van der Waals surface area contributed by atoms with Gasteiger partial charge in [-0.15, -0.1) is 0 Å². The van der Waals surface area contributed by atoms with E-state index in [9.17, 15) is 14.4 Å². The molecule has 0 fully saturated rings. The Kier molecular flexibility index (Phi) is 10.4. The minimum Gasteiger partial charge on any atom is -0.463 e. The minimum atomic E-state index is -0.765. The molecule has 26 heavy (non-hydrogen) atoms. The van der Waals surface area contributed by atoms with Crippen molar-refractivity contribution in [2.45, 2.75) is 38.9 Å². The molecule has 0 bridgehead atoms. The number of hydrogen-bond donors (Lipinski definition) is 1. The molecule has 0 aliphatic rings. The Bertz CT molecular complexity index is 593. The van der Waals surface area contributed by atoms with Gasteiger partial charge < -0.3 is 19.3 Å². The predicted molar refractivity (Wildman–Crippen MR) is 92.8 cm³/mol. The van der Waals surface area contributed by atoms with Crippen LogP contribution in [0.2, 0.25) is 0 Å². The highest BCUT2D eigenvalue weighted by atomic mass is 16.5. The third-order valence-electron chi connectivity index (χ3n) is 3.08. The standard InChI is InChI=1S/C19H24O7/c1-15(20)13-25-19(23)11-10-18(22)24-12-6-5-9-17(21)26-14-16-7-3-2-4-8-16/h2-4,7-8,10-11,15,20H,5-6,9,12-14H2,1H3/b11-10-. The summed E-state index contributed by atoms with van der Waals surface area (Å²) in [7, 11) is 0. The van der Waals surface area contributed by atoms with Gasteiger partial charge >= 0.3 is 17.9 Å². The van der Waals surface area contributed by atoms with E-state index in [1.165, 1.54) is 6.92 Å². The smallest absolute Gasteiger partial charge is 0.331 e. The van der Waals surface area contributed by atoms with Crippen LogP contribution in [0.15, 0.2) is 42.5 Å². The predicted octanol–water partition coefficient (Wildman–Crippen LogP) is 1.92. The monoisotopic (exact) mass is 364 g/mol. The average molecular weight is 364 g/mol. The van der Waals surface area contributed by atoms with E-state index in [0.29, 0.717) is 12.8 Å². The van der Waals surface area contributed by atoms with E-state index in [0.717, 1.165) is 17.7 Å². The molecule has 1 unspecified atom stereocenters. The van der Waals surface area contributed by atoms with Gasteiger partial charge in [-0.2, -0.15) is 0 Å². The van der Waals surface area contributed by atoms with Crippen LogP contribution in [-0.2, 0) is 35.2 Å². The first kappa shape index (κ1) is 21.4. The van der Waals surface area contributed by atoms with Gasteiger partial charge in [-0.3, -0.25) is 4.79 Å². The summed E-state index contributed by atoms with van der Waals surface area (Å²) in [4.78, 5) is 34.2. The molecule has 0 radical (unpaired) electrons. The van der Waals surface area contributed by atoms with Gasteiger partial charge in [-0.25, -0.2) is 9.59 Å². The molecule has 1 aromatic carbocycles. The highest BCUT2D eigenvalue weighted by Gasteiger charge is 2.05. The molecule has 1 atom stereocenters. The Labute approximate surface area is 152 Å². The zero-order valence-corrected chi connectivity index (χ0v) is 14.8. The van der Waals surface area contributed by atoms with E-state index < -0.39 is 18.0 Å². The maximum Gasteiger partial charge on any atom is 0.331 e. The summed E-state index contributed by atoms with van der Waals surface area (Å²) in [5.41, 5.74) is 0.925. The summed E-state index contributed by atoms with van der Waals surface area (Å²) in [6.45, 7) is 1.71. The van der Waals surface area contributed by atoms with Gasteiger partial charge in [0.05, 0.1) is 12.7 Å². The summed E-state index contributed by atoms with van der Waals surface area (Å²) < 4.78 is 14.7. The lowest BCUT2D eigenvalue weighted by atomic mass is 10.2. The summed E-state index contributed by atoms with van der Waals surface area (Å²) in [5, 5.41) is 8.95. The van der Waals surface area contributed by atoms with E-state index in [1.54, 1.807) is 0 Å². The summed E-state index contributed by atoms with van der Waals surface area (Å²) in [6, 6.07) is 9.39. The number of carbonyl (C=O) groups is 3. The van der Waals surface area contributed by atoms with Crippen molar-refractivity contribution < 1.29 is 33.7 Å². The minimum absolute atomic E-state index is 0.137. The van der Waals surface area contributed by atoms with Crippen molar-refractivity contribution in [3.05, 3.63) is 48.0 Å². The van der Waals surface area contributed by atoms with Gasteiger partial charge in [0, 0.05) is 18.6 Å². The lowest BCUT2D eigenvalue weighted by molar-refractivity contribution is -0.145. The van der Waals surface area contributed by atoms with E-state index in [4.69, 9.17) is 14.6 Å². The zero-order chi connectivity index (χ0) is 19.2. The Morgan fingerprint density at radius 1 is 1.00 bits per heavy atom. The van der Waals surface area contributed by atoms with Crippen molar-refractivity contribution in [1.82, 2.24) is 0 Å². The Morgan fingerprint density at radius 3 is 2.31 bits per heavy atom. The fraction of sp³-hybridized carbons (Fsp3) is 0.421. The highest BCUT2D eigenvalue weighted by Crippen LogP contribution is 2.04. The van der Waals surface area contributed by atoms with Crippen LogP contribution in [0, 0.1) is 0 Å². The largest absolute Gasteiger partial charge is 0.463 e. The molecule has 0 heterocycles. The molecule has 1 N–H and O–H groups in total. The molecule has 7 heteroatoms. The third-order valence-corrected chi connectivity index (χ3v) is 3.08. The second-order valence-electron chi connectivity index (χ2n) is 5.58. The lowest BCUT2D eigenvalue weighted by Gasteiger charge is -2.05. The van der Waals surface area contributed by atoms with Crippen LogP contribution in [0.5, 0.6) is 0 Å². The number of aliphatic hydroxyl groups is 1. The molecule has 1 aromatic rings. The van der Waals surface area contributed by atoms with Gasteiger partial charge in [0.25, 0.3) is 0 Å². The number of rotatable bonds is 11. The van der Waals surface area contributed by atoms with Crippen LogP contribution >= 0.6 is 0 Å². The molecule has 1 rings (SSSR count). The summed E-state index contributed by atoms with van der Waals surface area (Å²) in [5.74, 6) is -1.71. The fourth-order valence-corrected chi connectivity index (χ4v) is 1.79.